The summed E-state index contributed by atoms with van der Waals surface area (Å²) in [6.07, 6.45) is 4.82. The van der Waals surface area contributed by atoms with Crippen LogP contribution >= 0.6 is 11.6 Å². The number of aryl methyl sites for hydroxylation is 1. The van der Waals surface area contributed by atoms with E-state index in [1.165, 1.54) is 36.0 Å². The molecular weight excluding hydrogens is 352 g/mol. The third-order valence-electron chi connectivity index (χ3n) is 5.56. The van der Waals surface area contributed by atoms with E-state index < -0.39 is 15.8 Å². The van der Waals surface area contributed by atoms with Gasteiger partial charge in [0.25, 0.3) is 0 Å². The Morgan fingerprint density at radius 3 is 2.79 bits per heavy atom. The molecule has 6 nitrogen and oxygen atoms in total. The van der Waals surface area contributed by atoms with E-state index in [0.29, 0.717) is 23.9 Å². The van der Waals surface area contributed by atoms with Crippen molar-refractivity contribution in [3.63, 3.8) is 0 Å². The van der Waals surface area contributed by atoms with Crippen LogP contribution in [0.3, 0.4) is 0 Å². The number of aromatic nitrogens is 1. The van der Waals surface area contributed by atoms with E-state index in [4.69, 9.17) is 16.0 Å². The van der Waals surface area contributed by atoms with Crippen molar-refractivity contribution >= 4 is 32.7 Å². The van der Waals surface area contributed by atoms with Crippen molar-refractivity contribution in [2.45, 2.75) is 30.6 Å². The van der Waals surface area contributed by atoms with Crippen LogP contribution in [-0.2, 0) is 17.1 Å². The minimum absolute atomic E-state index is 0.0471. The van der Waals surface area contributed by atoms with E-state index in [1.807, 2.05) is 0 Å². The van der Waals surface area contributed by atoms with Gasteiger partial charge < -0.3 is 4.42 Å². The maximum Gasteiger partial charge on any atom is 0.419 e. The Balaban J connectivity index is 1.60. The quantitative estimate of drug-likeness (QED) is 0.896. The van der Waals surface area contributed by atoms with Crippen LogP contribution < -0.4 is 10.5 Å². The Morgan fingerprint density at radius 2 is 2.12 bits per heavy atom. The average Bonchev–Trinajstić information content (AvgIpc) is 3.22. The zero-order valence-electron chi connectivity index (χ0n) is 13.3. The lowest BCUT2D eigenvalue weighted by Gasteiger charge is -2.21. The van der Waals surface area contributed by atoms with E-state index in [-0.39, 0.29) is 15.5 Å². The predicted octanol–water partition coefficient (Wildman–Crippen LogP) is 2.50. The fourth-order valence-electron chi connectivity index (χ4n) is 4.26. The van der Waals surface area contributed by atoms with Crippen LogP contribution in [0.15, 0.2) is 26.2 Å². The molecule has 0 radical (unpaired) electrons. The molecule has 0 spiro atoms. The molecule has 0 aliphatic heterocycles. The van der Waals surface area contributed by atoms with E-state index in [2.05, 4.69) is 4.72 Å². The molecule has 130 valence electrons. The van der Waals surface area contributed by atoms with Crippen molar-refractivity contribution in [2.24, 2.45) is 24.8 Å². The molecule has 0 amide bonds. The second-order valence-electron chi connectivity index (χ2n) is 6.96. The van der Waals surface area contributed by atoms with Crippen molar-refractivity contribution in [1.82, 2.24) is 9.29 Å². The normalized spacial score (nSPS) is 26.5. The van der Waals surface area contributed by atoms with Gasteiger partial charge in [0.2, 0.25) is 10.0 Å². The molecule has 2 aromatic rings. The zero-order chi connectivity index (χ0) is 17.1. The molecular formula is C16H19ClN2O4S. The molecule has 3 atom stereocenters. The highest BCUT2D eigenvalue weighted by atomic mass is 35.5. The number of sulfonamides is 1. The van der Waals surface area contributed by atoms with Crippen molar-refractivity contribution < 1.29 is 12.8 Å². The Labute approximate surface area is 144 Å². The van der Waals surface area contributed by atoms with Crippen molar-refractivity contribution in [3.05, 3.63) is 27.7 Å². The smallest absolute Gasteiger partial charge is 0.408 e. The van der Waals surface area contributed by atoms with E-state index in [1.54, 1.807) is 7.05 Å². The fraction of sp³-hybridized carbons (Fsp3) is 0.562. The predicted molar refractivity (Wildman–Crippen MR) is 90.6 cm³/mol. The summed E-state index contributed by atoms with van der Waals surface area (Å²) in [5.74, 6) is 1.27. The van der Waals surface area contributed by atoms with Gasteiger partial charge in [-0.15, -0.1) is 0 Å². The third kappa shape index (κ3) is 2.59. The van der Waals surface area contributed by atoms with Crippen LogP contribution in [0.2, 0.25) is 5.02 Å². The average molecular weight is 371 g/mol. The van der Waals surface area contributed by atoms with E-state index >= 15 is 0 Å². The number of halogens is 1. The summed E-state index contributed by atoms with van der Waals surface area (Å²) >= 11 is 6.15. The molecule has 2 saturated carbocycles. The maximum atomic E-state index is 12.6. The largest absolute Gasteiger partial charge is 0.419 e. The molecule has 0 saturated heterocycles. The Hall–Kier alpha value is -1.31. The summed E-state index contributed by atoms with van der Waals surface area (Å²) in [7, 11) is -2.20. The summed E-state index contributed by atoms with van der Waals surface area (Å²) < 4.78 is 34.3. The highest BCUT2D eigenvalue weighted by Crippen LogP contribution is 2.48. The molecule has 4 rings (SSSR count). The van der Waals surface area contributed by atoms with Crippen LogP contribution in [0.25, 0.3) is 11.1 Å². The molecule has 2 aliphatic rings. The molecule has 1 N–H and O–H groups in total. The molecule has 1 aromatic carbocycles. The summed E-state index contributed by atoms with van der Waals surface area (Å²) in [5, 5.41) is 0.0827. The molecule has 2 bridgehead atoms. The first-order valence-electron chi connectivity index (χ1n) is 8.14. The standard InChI is InChI=1S/C16H19ClN2O4S/c1-19-13-6-12(17)15(7-14(13)23-16(19)20)24(21,22)18-8-11-5-9-2-3-10(11)4-9/h6-7,9-11,18H,2-5,8H2,1H3/t9-,10-,11-/m0/s1. The topological polar surface area (TPSA) is 81.3 Å². The van der Waals surface area contributed by atoms with Crippen LogP contribution in [-0.4, -0.2) is 19.5 Å². The van der Waals surface area contributed by atoms with E-state index in [0.717, 1.165) is 12.3 Å². The minimum Gasteiger partial charge on any atom is -0.408 e. The summed E-state index contributed by atoms with van der Waals surface area (Å²) in [4.78, 5) is 11.5. The van der Waals surface area contributed by atoms with Gasteiger partial charge in [0.05, 0.1) is 10.5 Å². The SMILES string of the molecule is Cn1c(=O)oc2cc(S(=O)(=O)NC[C@@H]3C[C@H]4CC[C@H]3C4)c(Cl)cc21. The Morgan fingerprint density at radius 1 is 1.33 bits per heavy atom. The molecule has 1 aromatic heterocycles. The summed E-state index contributed by atoms with van der Waals surface area (Å²) in [6, 6.07) is 2.77. The van der Waals surface area contributed by atoms with E-state index in [9.17, 15) is 13.2 Å². The van der Waals surface area contributed by atoms with Crippen molar-refractivity contribution in [3.8, 4) is 0 Å². The highest BCUT2D eigenvalue weighted by molar-refractivity contribution is 7.89. The molecule has 2 fully saturated rings. The monoisotopic (exact) mass is 370 g/mol. The summed E-state index contributed by atoms with van der Waals surface area (Å²) in [5.41, 5.74) is 0.684. The number of hydrogen-bond donors (Lipinski definition) is 1. The highest BCUT2D eigenvalue weighted by Gasteiger charge is 2.39. The number of oxazole rings is 1. The van der Waals surface area contributed by atoms with Crippen LogP contribution in [0.5, 0.6) is 0 Å². The van der Waals surface area contributed by atoms with Gasteiger partial charge in [-0.05, 0) is 43.1 Å². The molecule has 0 unspecified atom stereocenters. The minimum atomic E-state index is -3.74. The van der Waals surface area contributed by atoms with Gasteiger partial charge >= 0.3 is 5.76 Å². The van der Waals surface area contributed by atoms with Crippen LogP contribution in [0.1, 0.15) is 25.7 Å². The lowest BCUT2D eigenvalue weighted by molar-refractivity contribution is 0.333. The number of nitrogens with one attached hydrogen (secondary N) is 1. The first-order chi connectivity index (χ1) is 11.3. The number of nitrogens with zero attached hydrogens (tertiary/aromatic N) is 1. The van der Waals surface area contributed by atoms with Gasteiger partial charge in [0.15, 0.2) is 5.58 Å². The summed E-state index contributed by atoms with van der Waals surface area (Å²) in [6.45, 7) is 0.441. The third-order valence-corrected chi connectivity index (χ3v) is 7.44. The van der Waals surface area contributed by atoms with Crippen LogP contribution in [0.4, 0.5) is 0 Å². The van der Waals surface area contributed by atoms with Gasteiger partial charge in [-0.2, -0.15) is 0 Å². The number of benzene rings is 1. The second-order valence-corrected chi connectivity index (χ2v) is 9.11. The number of hydrogen-bond acceptors (Lipinski definition) is 4. The molecule has 8 heteroatoms. The molecule has 2 aliphatic carbocycles. The van der Waals surface area contributed by atoms with Crippen LogP contribution in [0, 0.1) is 17.8 Å². The Kier molecular flexibility index (Phi) is 3.78. The van der Waals surface area contributed by atoms with Gasteiger partial charge in [-0.1, -0.05) is 18.0 Å². The van der Waals surface area contributed by atoms with Gasteiger partial charge in [-0.3, -0.25) is 4.57 Å². The number of fused-ring (bicyclic) bond motifs is 3. The lowest BCUT2D eigenvalue weighted by atomic mass is 9.89. The van der Waals surface area contributed by atoms with Gasteiger partial charge in [-0.25, -0.2) is 17.9 Å². The molecule has 1 heterocycles. The van der Waals surface area contributed by atoms with Gasteiger partial charge in [0.1, 0.15) is 4.90 Å². The van der Waals surface area contributed by atoms with Crippen molar-refractivity contribution in [1.29, 1.82) is 0 Å². The first kappa shape index (κ1) is 16.2. The second kappa shape index (κ2) is 5.61. The van der Waals surface area contributed by atoms with Gasteiger partial charge in [0, 0.05) is 19.7 Å². The number of rotatable bonds is 4. The van der Waals surface area contributed by atoms with Crippen molar-refractivity contribution in [2.75, 3.05) is 6.54 Å². The maximum absolute atomic E-state index is 12.6. The Bertz CT molecular complexity index is 962. The molecule has 24 heavy (non-hydrogen) atoms. The fourth-order valence-corrected chi connectivity index (χ4v) is 5.89. The zero-order valence-corrected chi connectivity index (χ0v) is 14.9. The lowest BCUT2D eigenvalue weighted by Crippen LogP contribution is -2.31. The first-order valence-corrected chi connectivity index (χ1v) is 10.00.